The smallest absolute Gasteiger partial charge is 0.224 e. The van der Waals surface area contributed by atoms with Gasteiger partial charge in [-0.2, -0.15) is 0 Å². The monoisotopic (exact) mass is 339 g/mol. The van der Waals surface area contributed by atoms with Gasteiger partial charge in [0.05, 0.1) is 11.9 Å². The largest absolute Gasteiger partial charge is 0.474 e. The van der Waals surface area contributed by atoms with Crippen molar-refractivity contribution in [2.45, 2.75) is 38.2 Å². The van der Waals surface area contributed by atoms with Crippen LogP contribution < -0.4 is 15.4 Å². The van der Waals surface area contributed by atoms with E-state index in [4.69, 9.17) is 4.74 Å². The van der Waals surface area contributed by atoms with E-state index in [0.717, 1.165) is 38.8 Å². The number of carbonyl (C=O) groups excluding carboxylic acids is 1. The Hall–Kier alpha value is -2.40. The van der Waals surface area contributed by atoms with Crippen molar-refractivity contribution in [1.29, 1.82) is 0 Å². The van der Waals surface area contributed by atoms with Crippen LogP contribution in [0.5, 0.6) is 5.88 Å². The van der Waals surface area contributed by atoms with E-state index in [-0.39, 0.29) is 12.0 Å². The Labute approximate surface area is 148 Å². The molecule has 2 aromatic rings. The number of anilines is 1. The molecule has 1 aliphatic heterocycles. The van der Waals surface area contributed by atoms with E-state index in [1.807, 2.05) is 30.3 Å². The molecule has 1 saturated heterocycles. The van der Waals surface area contributed by atoms with E-state index in [1.54, 1.807) is 6.20 Å². The first-order valence-corrected chi connectivity index (χ1v) is 8.97. The fourth-order valence-corrected chi connectivity index (χ4v) is 2.93. The summed E-state index contributed by atoms with van der Waals surface area (Å²) >= 11 is 0. The molecule has 3 rings (SSSR count). The first-order chi connectivity index (χ1) is 12.3. The number of aryl methyl sites for hydroxylation is 1. The summed E-state index contributed by atoms with van der Waals surface area (Å²) in [6.07, 6.45) is 6.14. The standard InChI is InChI=1S/C20H25N3O2/c24-19(8-4-7-16-5-2-1-3-6-16)23-17-9-10-20(22-15-17)25-18-11-13-21-14-12-18/h1-3,5-6,9-10,15,18,21H,4,7-8,11-14H2,(H,23,24). The highest BCUT2D eigenvalue weighted by Crippen LogP contribution is 2.16. The Morgan fingerprint density at radius 3 is 2.68 bits per heavy atom. The maximum absolute atomic E-state index is 12.0. The number of hydrogen-bond acceptors (Lipinski definition) is 4. The average molecular weight is 339 g/mol. The van der Waals surface area contributed by atoms with Crippen LogP contribution in [0.1, 0.15) is 31.2 Å². The van der Waals surface area contributed by atoms with Gasteiger partial charge in [0.15, 0.2) is 0 Å². The number of benzene rings is 1. The summed E-state index contributed by atoms with van der Waals surface area (Å²) in [7, 11) is 0. The lowest BCUT2D eigenvalue weighted by molar-refractivity contribution is -0.116. The van der Waals surface area contributed by atoms with Crippen LogP contribution in [0, 0.1) is 0 Å². The third kappa shape index (κ3) is 5.87. The second-order valence-electron chi connectivity index (χ2n) is 6.34. The summed E-state index contributed by atoms with van der Waals surface area (Å²) in [6.45, 7) is 1.98. The van der Waals surface area contributed by atoms with Crippen LogP contribution in [0.3, 0.4) is 0 Å². The van der Waals surface area contributed by atoms with Crippen LogP contribution in [0.15, 0.2) is 48.7 Å². The molecule has 25 heavy (non-hydrogen) atoms. The molecule has 2 N–H and O–H groups in total. The Kier molecular flexibility index (Phi) is 6.40. The van der Waals surface area contributed by atoms with Crippen LogP contribution in [-0.2, 0) is 11.2 Å². The van der Waals surface area contributed by atoms with E-state index in [1.165, 1.54) is 5.56 Å². The number of nitrogens with one attached hydrogen (secondary N) is 2. The Morgan fingerprint density at radius 2 is 1.96 bits per heavy atom. The number of aromatic nitrogens is 1. The Bertz CT molecular complexity index is 652. The molecule has 5 nitrogen and oxygen atoms in total. The topological polar surface area (TPSA) is 63.2 Å². The number of ether oxygens (including phenoxy) is 1. The minimum Gasteiger partial charge on any atom is -0.474 e. The van der Waals surface area contributed by atoms with Gasteiger partial charge < -0.3 is 15.4 Å². The lowest BCUT2D eigenvalue weighted by Crippen LogP contribution is -2.34. The molecule has 1 amide bonds. The maximum Gasteiger partial charge on any atom is 0.224 e. The van der Waals surface area contributed by atoms with Crippen LogP contribution in [0.4, 0.5) is 5.69 Å². The number of hydrogen-bond donors (Lipinski definition) is 2. The van der Waals surface area contributed by atoms with Crippen LogP contribution in [-0.4, -0.2) is 30.1 Å². The predicted molar refractivity (Wildman–Crippen MR) is 98.8 cm³/mol. The van der Waals surface area contributed by atoms with Gasteiger partial charge in [0.2, 0.25) is 11.8 Å². The third-order valence-electron chi connectivity index (χ3n) is 4.31. The third-order valence-corrected chi connectivity index (χ3v) is 4.31. The highest BCUT2D eigenvalue weighted by atomic mass is 16.5. The molecule has 0 unspecified atom stereocenters. The van der Waals surface area contributed by atoms with Gasteiger partial charge in [0, 0.05) is 12.5 Å². The molecule has 5 heteroatoms. The summed E-state index contributed by atoms with van der Waals surface area (Å²) in [5.41, 5.74) is 1.97. The fourth-order valence-electron chi connectivity index (χ4n) is 2.93. The zero-order valence-electron chi connectivity index (χ0n) is 14.4. The first kappa shape index (κ1) is 17.4. The van der Waals surface area contributed by atoms with E-state index in [9.17, 15) is 4.79 Å². The van der Waals surface area contributed by atoms with Crippen molar-refractivity contribution >= 4 is 11.6 Å². The predicted octanol–water partition coefficient (Wildman–Crippen LogP) is 3.17. The highest BCUT2D eigenvalue weighted by Gasteiger charge is 2.14. The molecule has 0 bridgehead atoms. The molecule has 0 saturated carbocycles. The number of carbonyl (C=O) groups is 1. The zero-order valence-corrected chi connectivity index (χ0v) is 14.4. The molecule has 0 atom stereocenters. The van der Waals surface area contributed by atoms with E-state index < -0.39 is 0 Å². The molecule has 0 spiro atoms. The fraction of sp³-hybridized carbons (Fsp3) is 0.400. The van der Waals surface area contributed by atoms with Gasteiger partial charge in [-0.25, -0.2) is 4.98 Å². The second-order valence-corrected chi connectivity index (χ2v) is 6.34. The summed E-state index contributed by atoms with van der Waals surface area (Å²) in [5.74, 6) is 0.638. The Morgan fingerprint density at radius 1 is 1.16 bits per heavy atom. The van der Waals surface area contributed by atoms with Crippen molar-refractivity contribution in [2.24, 2.45) is 0 Å². The number of pyridine rings is 1. The summed E-state index contributed by atoms with van der Waals surface area (Å²) in [5, 5.41) is 6.20. The van der Waals surface area contributed by atoms with Crippen molar-refractivity contribution in [3.63, 3.8) is 0 Å². The maximum atomic E-state index is 12.0. The normalized spacial score (nSPS) is 14.9. The van der Waals surface area contributed by atoms with Gasteiger partial charge in [-0.05, 0) is 50.4 Å². The van der Waals surface area contributed by atoms with Crippen molar-refractivity contribution in [2.75, 3.05) is 18.4 Å². The van der Waals surface area contributed by atoms with Gasteiger partial charge in [0.1, 0.15) is 6.10 Å². The van der Waals surface area contributed by atoms with Gasteiger partial charge >= 0.3 is 0 Å². The molecule has 2 heterocycles. The number of rotatable bonds is 7. The quantitative estimate of drug-likeness (QED) is 0.813. The molecule has 1 aliphatic rings. The summed E-state index contributed by atoms with van der Waals surface area (Å²) in [6, 6.07) is 13.9. The zero-order chi connectivity index (χ0) is 17.3. The highest BCUT2D eigenvalue weighted by molar-refractivity contribution is 5.90. The summed E-state index contributed by atoms with van der Waals surface area (Å²) in [4.78, 5) is 16.3. The van der Waals surface area contributed by atoms with Gasteiger partial charge in [-0.15, -0.1) is 0 Å². The van der Waals surface area contributed by atoms with Crippen molar-refractivity contribution in [3.8, 4) is 5.88 Å². The molecule has 1 fully saturated rings. The molecule has 1 aromatic carbocycles. The number of amides is 1. The van der Waals surface area contributed by atoms with Gasteiger partial charge in [-0.1, -0.05) is 30.3 Å². The van der Waals surface area contributed by atoms with Crippen molar-refractivity contribution < 1.29 is 9.53 Å². The molecule has 0 aliphatic carbocycles. The van der Waals surface area contributed by atoms with Crippen LogP contribution >= 0.6 is 0 Å². The first-order valence-electron chi connectivity index (χ1n) is 8.97. The van der Waals surface area contributed by atoms with Gasteiger partial charge in [-0.3, -0.25) is 4.79 Å². The second kappa shape index (κ2) is 9.18. The van der Waals surface area contributed by atoms with E-state index in [2.05, 4.69) is 27.8 Å². The SMILES string of the molecule is O=C(CCCc1ccccc1)Nc1ccc(OC2CCNCC2)nc1. The lowest BCUT2D eigenvalue weighted by Gasteiger charge is -2.23. The Balaban J connectivity index is 1.40. The van der Waals surface area contributed by atoms with Crippen molar-refractivity contribution in [3.05, 3.63) is 54.2 Å². The molecule has 0 radical (unpaired) electrons. The molecule has 132 valence electrons. The average Bonchev–Trinajstić information content (AvgIpc) is 2.65. The van der Waals surface area contributed by atoms with Gasteiger partial charge in [0.25, 0.3) is 0 Å². The minimum atomic E-state index is 0.0183. The van der Waals surface area contributed by atoms with Crippen LogP contribution in [0.25, 0.3) is 0 Å². The molecular weight excluding hydrogens is 314 g/mol. The lowest BCUT2D eigenvalue weighted by atomic mass is 10.1. The van der Waals surface area contributed by atoms with Crippen molar-refractivity contribution in [1.82, 2.24) is 10.3 Å². The molecule has 1 aromatic heterocycles. The minimum absolute atomic E-state index is 0.0183. The summed E-state index contributed by atoms with van der Waals surface area (Å²) < 4.78 is 5.87. The van der Waals surface area contributed by atoms with E-state index in [0.29, 0.717) is 18.0 Å². The number of piperidine rings is 1. The van der Waals surface area contributed by atoms with E-state index >= 15 is 0 Å². The molecular formula is C20H25N3O2. The van der Waals surface area contributed by atoms with Crippen LogP contribution in [0.2, 0.25) is 0 Å². The number of nitrogens with zero attached hydrogens (tertiary/aromatic N) is 1.